The molecule has 1 spiro atoms. The van der Waals surface area contributed by atoms with Gasteiger partial charge < -0.3 is 14.4 Å². The van der Waals surface area contributed by atoms with Crippen LogP contribution in [-0.2, 0) is 5.54 Å². The van der Waals surface area contributed by atoms with Gasteiger partial charge in [-0.3, -0.25) is 4.79 Å². The normalized spacial score (nSPS) is 20.1. The summed E-state index contributed by atoms with van der Waals surface area (Å²) in [5.41, 5.74) is 5.61. The zero-order chi connectivity index (χ0) is 20.2. The van der Waals surface area contributed by atoms with Crippen molar-refractivity contribution >= 4 is 22.9 Å². The van der Waals surface area contributed by atoms with Crippen LogP contribution in [0.5, 0.6) is 0 Å². The van der Waals surface area contributed by atoms with Gasteiger partial charge in [-0.15, -0.1) is 11.3 Å². The third-order valence-electron chi connectivity index (χ3n) is 5.93. The molecule has 3 aromatic heterocycles. The number of amides is 1. The third kappa shape index (κ3) is 2.64. The van der Waals surface area contributed by atoms with E-state index in [9.17, 15) is 4.79 Å². The van der Waals surface area contributed by atoms with Crippen LogP contribution in [-0.4, -0.2) is 45.0 Å². The maximum atomic E-state index is 13.2. The molecule has 0 radical (unpaired) electrons. The Morgan fingerprint density at radius 2 is 2.17 bits per heavy atom. The van der Waals surface area contributed by atoms with Gasteiger partial charge in [0.25, 0.3) is 5.91 Å². The molecule has 2 aliphatic heterocycles. The largest absolute Gasteiger partial charge is 0.351 e. The van der Waals surface area contributed by atoms with Gasteiger partial charge in [0.2, 0.25) is 0 Å². The quantitative estimate of drug-likeness (QED) is 0.623. The highest BCUT2D eigenvalue weighted by atomic mass is 32.1. The molecular formula is C22H23N5OS. The first-order valence-corrected chi connectivity index (χ1v) is 10.6. The first kappa shape index (κ1) is 18.1. The Kier molecular flexibility index (Phi) is 4.10. The number of hydrogen-bond donors (Lipinski definition) is 0. The van der Waals surface area contributed by atoms with Crippen LogP contribution in [0.4, 0.5) is 5.69 Å². The molecule has 1 unspecified atom stereocenters. The van der Waals surface area contributed by atoms with E-state index in [-0.39, 0.29) is 11.4 Å². The van der Waals surface area contributed by atoms with Crippen LogP contribution >= 0.6 is 11.3 Å². The maximum Gasteiger partial charge on any atom is 0.265 e. The van der Waals surface area contributed by atoms with Gasteiger partial charge in [0.15, 0.2) is 5.82 Å². The number of pyridine rings is 1. The Morgan fingerprint density at radius 3 is 2.93 bits per heavy atom. The molecule has 0 aliphatic carbocycles. The molecule has 2 aliphatic rings. The summed E-state index contributed by atoms with van der Waals surface area (Å²) in [6, 6.07) is 8.32. The molecule has 148 valence electrons. The molecule has 0 aromatic carbocycles. The summed E-state index contributed by atoms with van der Waals surface area (Å²) >= 11 is 1.42. The number of hydrogen-bond acceptors (Lipinski definition) is 5. The summed E-state index contributed by atoms with van der Waals surface area (Å²) in [7, 11) is 0. The van der Waals surface area contributed by atoms with E-state index in [1.165, 1.54) is 17.0 Å². The van der Waals surface area contributed by atoms with E-state index >= 15 is 0 Å². The first-order valence-electron chi connectivity index (χ1n) is 9.76. The van der Waals surface area contributed by atoms with E-state index in [2.05, 4.69) is 57.3 Å². The summed E-state index contributed by atoms with van der Waals surface area (Å²) in [5.74, 6) is 1.01. The molecule has 7 heteroatoms. The van der Waals surface area contributed by atoms with E-state index in [4.69, 9.17) is 0 Å². The molecule has 5 heterocycles. The predicted molar refractivity (Wildman–Crippen MR) is 115 cm³/mol. The van der Waals surface area contributed by atoms with Crippen molar-refractivity contribution in [3.05, 3.63) is 70.6 Å². The molecule has 0 saturated carbocycles. The Hall–Kier alpha value is -2.93. The van der Waals surface area contributed by atoms with Crippen LogP contribution < -0.4 is 4.90 Å². The topological polar surface area (TPSA) is 54.3 Å². The van der Waals surface area contributed by atoms with Crippen LogP contribution in [0.2, 0.25) is 0 Å². The zero-order valence-electron chi connectivity index (χ0n) is 16.6. The molecule has 1 amide bonds. The Labute approximate surface area is 174 Å². The smallest absolute Gasteiger partial charge is 0.265 e. The highest BCUT2D eigenvalue weighted by Gasteiger charge is 2.51. The molecule has 5 rings (SSSR count). The van der Waals surface area contributed by atoms with Crippen LogP contribution in [0, 0.1) is 6.92 Å². The van der Waals surface area contributed by atoms with Gasteiger partial charge in [0, 0.05) is 32.0 Å². The van der Waals surface area contributed by atoms with Crippen molar-refractivity contribution in [3.8, 4) is 5.82 Å². The molecule has 0 bridgehead atoms. The van der Waals surface area contributed by atoms with Gasteiger partial charge in [-0.1, -0.05) is 12.2 Å². The van der Waals surface area contributed by atoms with Gasteiger partial charge in [0.05, 0.1) is 22.6 Å². The predicted octanol–water partition coefficient (Wildman–Crippen LogP) is 3.77. The molecule has 1 saturated heterocycles. The molecule has 3 aromatic rings. The average molecular weight is 406 g/mol. The third-order valence-corrected chi connectivity index (χ3v) is 6.85. The number of anilines is 1. The molecular weight excluding hydrogens is 382 g/mol. The van der Waals surface area contributed by atoms with Crippen molar-refractivity contribution in [2.75, 3.05) is 24.5 Å². The molecule has 1 atom stereocenters. The Bertz CT molecular complexity index is 1120. The van der Waals surface area contributed by atoms with E-state index in [1.54, 1.807) is 5.51 Å². The summed E-state index contributed by atoms with van der Waals surface area (Å²) in [6.07, 6.45) is 4.76. The number of carbonyl (C=O) groups excluding carboxylic acids is 1. The van der Waals surface area contributed by atoms with Crippen molar-refractivity contribution in [1.29, 1.82) is 0 Å². The second-order valence-corrected chi connectivity index (χ2v) is 8.78. The molecule has 0 N–H and O–H groups in total. The number of aromatic nitrogens is 3. The summed E-state index contributed by atoms with van der Waals surface area (Å²) in [6.45, 7) is 10.2. The molecule has 1 fully saturated rings. The summed E-state index contributed by atoms with van der Waals surface area (Å²) in [4.78, 5) is 27.3. The number of likely N-dealkylation sites (tertiary alicyclic amines) is 1. The van der Waals surface area contributed by atoms with Crippen molar-refractivity contribution in [1.82, 2.24) is 19.4 Å². The van der Waals surface area contributed by atoms with Crippen LogP contribution in [0.1, 0.15) is 34.4 Å². The average Bonchev–Trinajstić information content (AvgIpc) is 3.44. The lowest BCUT2D eigenvalue weighted by Gasteiger charge is -2.47. The first-order chi connectivity index (χ1) is 14.0. The van der Waals surface area contributed by atoms with Gasteiger partial charge in [-0.25, -0.2) is 9.97 Å². The summed E-state index contributed by atoms with van der Waals surface area (Å²) < 4.78 is 2.18. The van der Waals surface area contributed by atoms with Crippen LogP contribution in [0.3, 0.4) is 0 Å². The van der Waals surface area contributed by atoms with Gasteiger partial charge in [-0.05, 0) is 44.5 Å². The number of thiazole rings is 1. The fraction of sp³-hybridized carbons (Fsp3) is 0.318. The van der Waals surface area contributed by atoms with Crippen molar-refractivity contribution in [2.45, 2.75) is 25.8 Å². The SMILES string of the molecule is C=C(C)CN1c2cccnc2-n2cccc2C12CCN(C(=O)c1scnc1C)C2. The lowest BCUT2D eigenvalue weighted by atomic mass is 9.88. The second kappa shape index (κ2) is 6.56. The lowest BCUT2D eigenvalue weighted by molar-refractivity contribution is 0.0786. The Balaban J connectivity index is 1.60. The number of fused-ring (bicyclic) bond motifs is 4. The fourth-order valence-electron chi connectivity index (χ4n) is 4.65. The number of carbonyl (C=O) groups is 1. The zero-order valence-corrected chi connectivity index (χ0v) is 17.4. The van der Waals surface area contributed by atoms with E-state index in [0.717, 1.165) is 40.6 Å². The maximum absolute atomic E-state index is 13.2. The van der Waals surface area contributed by atoms with E-state index in [0.29, 0.717) is 13.1 Å². The minimum atomic E-state index is -0.299. The van der Waals surface area contributed by atoms with Crippen LogP contribution in [0.25, 0.3) is 5.82 Å². The highest BCUT2D eigenvalue weighted by Crippen LogP contribution is 2.47. The van der Waals surface area contributed by atoms with Crippen molar-refractivity contribution in [2.24, 2.45) is 0 Å². The van der Waals surface area contributed by atoms with E-state index < -0.39 is 0 Å². The minimum absolute atomic E-state index is 0.0761. The number of aryl methyl sites for hydroxylation is 1. The second-order valence-electron chi connectivity index (χ2n) is 7.93. The lowest BCUT2D eigenvalue weighted by Crippen LogP contribution is -2.53. The minimum Gasteiger partial charge on any atom is -0.351 e. The molecule has 29 heavy (non-hydrogen) atoms. The number of nitrogens with zero attached hydrogens (tertiary/aromatic N) is 5. The standard InChI is InChI=1S/C22H23N5OS/c1-15(2)12-27-17-6-4-9-23-20(17)26-10-5-7-18(26)22(27)8-11-25(13-22)21(28)19-16(3)24-14-29-19/h4-7,9-10,14H,1,8,11-13H2,2-3H3. The highest BCUT2D eigenvalue weighted by molar-refractivity contribution is 7.11. The number of rotatable bonds is 3. The Morgan fingerprint density at radius 1 is 1.31 bits per heavy atom. The van der Waals surface area contributed by atoms with Crippen LogP contribution in [0.15, 0.2) is 54.3 Å². The van der Waals surface area contributed by atoms with Gasteiger partial charge in [0.1, 0.15) is 10.4 Å². The van der Waals surface area contributed by atoms with Crippen molar-refractivity contribution < 1.29 is 4.79 Å². The van der Waals surface area contributed by atoms with Gasteiger partial charge in [-0.2, -0.15) is 0 Å². The van der Waals surface area contributed by atoms with Crippen molar-refractivity contribution in [3.63, 3.8) is 0 Å². The van der Waals surface area contributed by atoms with Gasteiger partial charge >= 0.3 is 0 Å². The fourth-order valence-corrected chi connectivity index (χ4v) is 5.42. The van der Waals surface area contributed by atoms with E-state index in [1.807, 2.05) is 24.1 Å². The monoisotopic (exact) mass is 405 g/mol. The summed E-state index contributed by atoms with van der Waals surface area (Å²) in [5, 5.41) is 0. The molecule has 6 nitrogen and oxygen atoms in total.